The van der Waals surface area contributed by atoms with E-state index in [0.717, 1.165) is 67.4 Å². The van der Waals surface area contributed by atoms with Crippen molar-refractivity contribution in [2.75, 3.05) is 19.8 Å². The van der Waals surface area contributed by atoms with Crippen molar-refractivity contribution in [2.24, 2.45) is 5.90 Å². The van der Waals surface area contributed by atoms with E-state index >= 15 is 0 Å². The average molecular weight is 284 g/mol. The maximum Gasteiger partial charge on any atom is 0.141 e. The highest BCUT2D eigenvalue weighted by atomic mass is 35.5. The highest BCUT2D eigenvalue weighted by Crippen LogP contribution is 2.46. The molecule has 1 aromatic rings. The third-order valence-corrected chi connectivity index (χ3v) is 4.16. The van der Waals surface area contributed by atoms with Crippen LogP contribution in [-0.4, -0.2) is 19.8 Å². The Bertz CT molecular complexity index is 453. The fourth-order valence-electron chi connectivity index (χ4n) is 2.91. The van der Waals surface area contributed by atoms with Crippen LogP contribution in [0, 0.1) is 0 Å². The SMILES string of the molecule is NOCCc1c2c(c(Cl)c3c1OCCC3)OCCC2. The zero-order valence-electron chi connectivity index (χ0n) is 10.8. The van der Waals surface area contributed by atoms with Crippen LogP contribution in [0.1, 0.15) is 29.5 Å². The molecular formula is C14H18ClNO3. The fourth-order valence-corrected chi connectivity index (χ4v) is 3.26. The van der Waals surface area contributed by atoms with E-state index in [1.165, 1.54) is 11.1 Å². The molecule has 3 rings (SSSR count). The minimum atomic E-state index is 0.476. The Kier molecular flexibility index (Phi) is 3.82. The van der Waals surface area contributed by atoms with Crippen LogP contribution in [0.2, 0.25) is 5.02 Å². The van der Waals surface area contributed by atoms with Crippen LogP contribution >= 0.6 is 11.6 Å². The van der Waals surface area contributed by atoms with Gasteiger partial charge in [0.1, 0.15) is 11.5 Å². The van der Waals surface area contributed by atoms with Gasteiger partial charge in [0, 0.05) is 23.1 Å². The van der Waals surface area contributed by atoms with Gasteiger partial charge in [0.05, 0.1) is 24.8 Å². The van der Waals surface area contributed by atoms with Crippen LogP contribution in [0.25, 0.3) is 0 Å². The maximum absolute atomic E-state index is 6.49. The summed E-state index contributed by atoms with van der Waals surface area (Å²) in [7, 11) is 0. The lowest BCUT2D eigenvalue weighted by atomic mass is 9.91. The number of benzene rings is 1. The van der Waals surface area contributed by atoms with Crippen LogP contribution in [0.3, 0.4) is 0 Å². The summed E-state index contributed by atoms with van der Waals surface area (Å²) in [6, 6.07) is 0. The molecular weight excluding hydrogens is 266 g/mol. The minimum absolute atomic E-state index is 0.476. The standard InChI is InChI=1S/C14H18ClNO3/c15-12-11-4-2-6-17-13(11)10(5-8-19-16)9-3-1-7-18-14(9)12/h1-8,16H2. The van der Waals surface area contributed by atoms with Gasteiger partial charge in [0.15, 0.2) is 0 Å². The Balaban J connectivity index is 2.13. The quantitative estimate of drug-likeness (QED) is 0.866. The van der Waals surface area contributed by atoms with E-state index in [1.807, 2.05) is 0 Å². The second-order valence-corrected chi connectivity index (χ2v) is 5.31. The highest BCUT2D eigenvalue weighted by Gasteiger charge is 2.28. The Morgan fingerprint density at radius 1 is 1.05 bits per heavy atom. The van der Waals surface area contributed by atoms with Crippen molar-refractivity contribution in [1.29, 1.82) is 0 Å². The van der Waals surface area contributed by atoms with Crippen molar-refractivity contribution in [3.05, 3.63) is 21.7 Å². The molecule has 0 aromatic heterocycles. The van der Waals surface area contributed by atoms with Crippen LogP contribution in [0.5, 0.6) is 11.5 Å². The normalized spacial score (nSPS) is 17.2. The Labute approximate surface area is 117 Å². The Morgan fingerprint density at radius 2 is 1.74 bits per heavy atom. The predicted octanol–water partition coefficient (Wildman–Crippen LogP) is 2.42. The van der Waals surface area contributed by atoms with Gasteiger partial charge in [-0.25, -0.2) is 5.90 Å². The van der Waals surface area contributed by atoms with Gasteiger partial charge in [0.2, 0.25) is 0 Å². The molecule has 0 amide bonds. The number of ether oxygens (including phenoxy) is 2. The van der Waals surface area contributed by atoms with Crippen LogP contribution in [0.15, 0.2) is 0 Å². The molecule has 0 aliphatic carbocycles. The number of fused-ring (bicyclic) bond motifs is 2. The van der Waals surface area contributed by atoms with Crippen molar-refractivity contribution in [1.82, 2.24) is 0 Å². The van der Waals surface area contributed by atoms with Crippen LogP contribution in [-0.2, 0) is 24.1 Å². The summed E-state index contributed by atoms with van der Waals surface area (Å²) in [6.45, 7) is 1.96. The van der Waals surface area contributed by atoms with E-state index in [1.54, 1.807) is 0 Å². The predicted molar refractivity (Wildman–Crippen MR) is 72.9 cm³/mol. The molecule has 19 heavy (non-hydrogen) atoms. The lowest BCUT2D eigenvalue weighted by Crippen LogP contribution is -2.19. The van der Waals surface area contributed by atoms with Gasteiger partial charge in [-0.1, -0.05) is 11.6 Å². The average Bonchev–Trinajstić information content (AvgIpc) is 2.47. The number of nitrogens with two attached hydrogens (primary N) is 1. The minimum Gasteiger partial charge on any atom is -0.493 e. The van der Waals surface area contributed by atoms with Crippen molar-refractivity contribution in [3.63, 3.8) is 0 Å². The molecule has 0 unspecified atom stereocenters. The third-order valence-electron chi connectivity index (χ3n) is 3.76. The molecule has 2 aliphatic heterocycles. The molecule has 0 spiro atoms. The largest absolute Gasteiger partial charge is 0.493 e. The van der Waals surface area contributed by atoms with E-state index in [-0.39, 0.29) is 0 Å². The molecule has 2 aliphatic rings. The van der Waals surface area contributed by atoms with Crippen LogP contribution < -0.4 is 15.4 Å². The zero-order valence-corrected chi connectivity index (χ0v) is 11.6. The molecule has 1 aromatic carbocycles. The lowest BCUT2D eigenvalue weighted by Gasteiger charge is -2.29. The molecule has 0 fully saturated rings. The molecule has 0 saturated carbocycles. The first kappa shape index (κ1) is 13.0. The molecule has 0 bridgehead atoms. The molecule has 2 N–H and O–H groups in total. The van der Waals surface area contributed by atoms with Gasteiger partial charge in [-0.15, -0.1) is 0 Å². The summed E-state index contributed by atoms with van der Waals surface area (Å²) in [4.78, 5) is 4.73. The van der Waals surface area contributed by atoms with E-state index in [2.05, 4.69) is 0 Å². The second-order valence-electron chi connectivity index (χ2n) is 4.93. The molecule has 2 heterocycles. The lowest BCUT2D eigenvalue weighted by molar-refractivity contribution is 0.140. The molecule has 0 saturated heterocycles. The number of rotatable bonds is 3. The summed E-state index contributed by atoms with van der Waals surface area (Å²) < 4.78 is 11.6. The van der Waals surface area contributed by atoms with E-state index < -0.39 is 0 Å². The van der Waals surface area contributed by atoms with E-state index in [9.17, 15) is 0 Å². The summed E-state index contributed by atoms with van der Waals surface area (Å²) in [5.41, 5.74) is 3.42. The van der Waals surface area contributed by atoms with Gasteiger partial charge in [-0.3, -0.25) is 0 Å². The Hall–Kier alpha value is -0.970. The van der Waals surface area contributed by atoms with E-state index in [0.29, 0.717) is 6.61 Å². The number of hydrogen-bond donors (Lipinski definition) is 1. The zero-order chi connectivity index (χ0) is 13.2. The molecule has 0 radical (unpaired) electrons. The van der Waals surface area contributed by atoms with Crippen molar-refractivity contribution in [2.45, 2.75) is 32.1 Å². The van der Waals surface area contributed by atoms with Gasteiger partial charge in [-0.2, -0.15) is 0 Å². The molecule has 104 valence electrons. The topological polar surface area (TPSA) is 53.7 Å². The highest BCUT2D eigenvalue weighted by molar-refractivity contribution is 6.33. The fraction of sp³-hybridized carbons (Fsp3) is 0.571. The first-order chi connectivity index (χ1) is 9.33. The number of halogens is 1. The van der Waals surface area contributed by atoms with Crippen molar-refractivity contribution < 1.29 is 14.3 Å². The molecule has 5 heteroatoms. The molecule has 4 nitrogen and oxygen atoms in total. The van der Waals surface area contributed by atoms with Crippen LogP contribution in [0.4, 0.5) is 0 Å². The van der Waals surface area contributed by atoms with Crippen molar-refractivity contribution in [3.8, 4) is 11.5 Å². The van der Waals surface area contributed by atoms with Gasteiger partial charge >= 0.3 is 0 Å². The second kappa shape index (κ2) is 5.57. The smallest absolute Gasteiger partial charge is 0.141 e. The summed E-state index contributed by atoms with van der Waals surface area (Å²) in [6.07, 6.45) is 4.67. The van der Waals surface area contributed by atoms with E-state index in [4.69, 9.17) is 31.8 Å². The number of hydrogen-bond acceptors (Lipinski definition) is 4. The first-order valence-corrected chi connectivity index (χ1v) is 7.14. The third kappa shape index (κ3) is 2.29. The molecule has 0 atom stereocenters. The maximum atomic E-state index is 6.49. The summed E-state index contributed by atoms with van der Waals surface area (Å²) in [5, 5.41) is 0.738. The van der Waals surface area contributed by atoms with Crippen molar-refractivity contribution >= 4 is 11.6 Å². The first-order valence-electron chi connectivity index (χ1n) is 6.76. The Morgan fingerprint density at radius 3 is 2.47 bits per heavy atom. The summed E-state index contributed by atoms with van der Waals surface area (Å²) >= 11 is 6.49. The monoisotopic (exact) mass is 283 g/mol. The van der Waals surface area contributed by atoms with Gasteiger partial charge in [0.25, 0.3) is 0 Å². The summed E-state index contributed by atoms with van der Waals surface area (Å²) in [5.74, 6) is 6.95. The van der Waals surface area contributed by atoms with Gasteiger partial charge in [-0.05, 0) is 25.7 Å². The van der Waals surface area contributed by atoms with Gasteiger partial charge < -0.3 is 14.3 Å².